The summed E-state index contributed by atoms with van der Waals surface area (Å²) in [7, 11) is 0. The topological polar surface area (TPSA) is 49.4 Å². The summed E-state index contributed by atoms with van der Waals surface area (Å²) >= 11 is 6.00. The van der Waals surface area contributed by atoms with Crippen LogP contribution in [0.25, 0.3) is 0 Å². The molecule has 0 spiro atoms. The van der Waals surface area contributed by atoms with E-state index in [0.29, 0.717) is 17.3 Å². The van der Waals surface area contributed by atoms with Crippen LogP contribution in [0.3, 0.4) is 0 Å². The lowest BCUT2D eigenvalue weighted by Crippen LogP contribution is -2.30. The first-order valence-corrected chi connectivity index (χ1v) is 8.75. The second-order valence-electron chi connectivity index (χ2n) is 6.48. The number of aryl methyl sites for hydroxylation is 1. The van der Waals surface area contributed by atoms with E-state index in [1.54, 1.807) is 17.0 Å². The van der Waals surface area contributed by atoms with E-state index in [0.717, 1.165) is 11.1 Å². The lowest BCUT2D eigenvalue weighted by molar-refractivity contribution is -0.129. The molecule has 0 aliphatic carbocycles. The molecule has 1 aliphatic rings. The summed E-state index contributed by atoms with van der Waals surface area (Å²) in [6.45, 7) is 4.34. The number of likely N-dealkylation sites (tertiary alicyclic amines) is 1. The van der Waals surface area contributed by atoms with E-state index in [1.165, 1.54) is 0 Å². The number of carbonyl (C=O) groups is 2. The molecule has 2 atom stereocenters. The van der Waals surface area contributed by atoms with Gasteiger partial charge in [-0.25, -0.2) is 0 Å². The lowest BCUT2D eigenvalue weighted by Gasteiger charge is -2.25. The van der Waals surface area contributed by atoms with E-state index in [1.807, 2.05) is 50.2 Å². The molecule has 3 rings (SSSR count). The molecular weight excluding hydrogens is 336 g/mol. The number of hydrogen-bond donors (Lipinski definition) is 1. The van der Waals surface area contributed by atoms with Gasteiger partial charge in [0, 0.05) is 23.7 Å². The van der Waals surface area contributed by atoms with Crippen LogP contribution in [0.4, 0.5) is 5.69 Å². The largest absolute Gasteiger partial charge is 0.335 e. The van der Waals surface area contributed by atoms with Crippen molar-refractivity contribution >= 4 is 29.1 Å². The van der Waals surface area contributed by atoms with Crippen LogP contribution in [0.5, 0.6) is 0 Å². The van der Waals surface area contributed by atoms with E-state index in [9.17, 15) is 9.59 Å². The molecule has 0 saturated carbocycles. The Kier molecular flexibility index (Phi) is 5.09. The quantitative estimate of drug-likeness (QED) is 0.892. The highest BCUT2D eigenvalue weighted by molar-refractivity contribution is 6.31. The zero-order valence-corrected chi connectivity index (χ0v) is 15.1. The van der Waals surface area contributed by atoms with Crippen molar-refractivity contribution in [2.75, 3.05) is 11.9 Å². The molecule has 1 fully saturated rings. The smallest absolute Gasteiger partial charge is 0.229 e. The highest BCUT2D eigenvalue weighted by Crippen LogP contribution is 2.29. The Hall–Kier alpha value is -2.33. The van der Waals surface area contributed by atoms with Crippen LogP contribution >= 0.6 is 11.6 Å². The molecular formula is C20H21ClN2O2. The highest BCUT2D eigenvalue weighted by Gasteiger charge is 2.37. The summed E-state index contributed by atoms with van der Waals surface area (Å²) < 4.78 is 0. The van der Waals surface area contributed by atoms with Crippen molar-refractivity contribution in [1.29, 1.82) is 0 Å². The summed E-state index contributed by atoms with van der Waals surface area (Å²) in [6.07, 6.45) is 0.239. The van der Waals surface area contributed by atoms with Crippen LogP contribution in [0.15, 0.2) is 48.5 Å². The maximum absolute atomic E-state index is 12.6. The Labute approximate surface area is 152 Å². The Bertz CT molecular complexity index is 792. The first-order chi connectivity index (χ1) is 12.0. The first kappa shape index (κ1) is 17.5. The van der Waals surface area contributed by atoms with Gasteiger partial charge in [-0.15, -0.1) is 0 Å². The Balaban J connectivity index is 1.69. The predicted octanol–water partition coefficient (Wildman–Crippen LogP) is 4.20. The predicted molar refractivity (Wildman–Crippen MR) is 99.5 cm³/mol. The molecule has 0 radical (unpaired) electrons. The van der Waals surface area contributed by atoms with Crippen molar-refractivity contribution in [2.24, 2.45) is 5.92 Å². The van der Waals surface area contributed by atoms with Gasteiger partial charge in [0.1, 0.15) is 0 Å². The number of nitrogens with zero attached hydrogens (tertiary/aromatic N) is 1. The van der Waals surface area contributed by atoms with Gasteiger partial charge in [0.05, 0.1) is 12.0 Å². The molecule has 1 N–H and O–H groups in total. The van der Waals surface area contributed by atoms with Crippen molar-refractivity contribution in [3.63, 3.8) is 0 Å². The van der Waals surface area contributed by atoms with E-state index in [2.05, 4.69) is 5.32 Å². The molecule has 4 nitrogen and oxygen atoms in total. The van der Waals surface area contributed by atoms with Crippen molar-refractivity contribution in [3.8, 4) is 0 Å². The van der Waals surface area contributed by atoms with Gasteiger partial charge >= 0.3 is 0 Å². The van der Waals surface area contributed by atoms with Crippen molar-refractivity contribution in [2.45, 2.75) is 26.3 Å². The number of hydrogen-bond acceptors (Lipinski definition) is 2. The normalized spacial score (nSPS) is 18.3. The standard InChI is InChI=1S/C20H21ClN2O2/c1-13-8-9-17(21)11-18(13)22-20(25)16-10-19(24)23(12-16)14(2)15-6-4-3-5-7-15/h3-9,11,14,16H,10,12H2,1-2H3,(H,22,25)/t14-,16-/m0/s1. The van der Waals surface area contributed by atoms with E-state index in [-0.39, 0.29) is 30.2 Å². The van der Waals surface area contributed by atoms with Crippen LogP contribution < -0.4 is 5.32 Å². The molecule has 2 amide bonds. The second kappa shape index (κ2) is 7.28. The van der Waals surface area contributed by atoms with Crippen molar-refractivity contribution < 1.29 is 9.59 Å². The van der Waals surface area contributed by atoms with Gasteiger partial charge in [-0.05, 0) is 37.1 Å². The molecule has 0 unspecified atom stereocenters. The number of carbonyl (C=O) groups excluding carboxylic acids is 2. The SMILES string of the molecule is Cc1ccc(Cl)cc1NC(=O)[C@H]1CC(=O)N([C@@H](C)c2ccccc2)C1. The van der Waals surface area contributed by atoms with Crippen LogP contribution in [0, 0.1) is 12.8 Å². The van der Waals surface area contributed by atoms with Crippen LogP contribution in [0.1, 0.15) is 30.5 Å². The molecule has 0 aromatic heterocycles. The van der Waals surface area contributed by atoms with Gasteiger partial charge in [0.15, 0.2) is 0 Å². The number of anilines is 1. The zero-order valence-electron chi connectivity index (χ0n) is 14.3. The maximum Gasteiger partial charge on any atom is 0.229 e. The third-order valence-corrected chi connectivity index (χ3v) is 4.97. The summed E-state index contributed by atoms with van der Waals surface area (Å²) in [6, 6.07) is 15.2. The van der Waals surface area contributed by atoms with Crippen molar-refractivity contribution in [1.82, 2.24) is 4.90 Å². The third-order valence-electron chi connectivity index (χ3n) is 4.74. The van der Waals surface area contributed by atoms with Gasteiger partial charge in [-0.3, -0.25) is 9.59 Å². The third kappa shape index (κ3) is 3.85. The minimum atomic E-state index is -0.350. The van der Waals surface area contributed by atoms with Gasteiger partial charge in [-0.2, -0.15) is 0 Å². The van der Waals surface area contributed by atoms with Crippen LogP contribution in [-0.4, -0.2) is 23.3 Å². The summed E-state index contributed by atoms with van der Waals surface area (Å²) in [5.41, 5.74) is 2.71. The second-order valence-corrected chi connectivity index (χ2v) is 6.92. The Morgan fingerprint density at radius 2 is 1.96 bits per heavy atom. The Morgan fingerprint density at radius 3 is 2.68 bits per heavy atom. The summed E-state index contributed by atoms with van der Waals surface area (Å²) in [4.78, 5) is 26.8. The fourth-order valence-corrected chi connectivity index (χ4v) is 3.33. The number of nitrogens with one attached hydrogen (secondary N) is 1. The van der Waals surface area contributed by atoms with Gasteiger partial charge in [0.25, 0.3) is 0 Å². The molecule has 2 aromatic carbocycles. The zero-order chi connectivity index (χ0) is 18.0. The lowest BCUT2D eigenvalue weighted by atomic mass is 10.1. The van der Waals surface area contributed by atoms with E-state index < -0.39 is 0 Å². The van der Waals surface area contributed by atoms with Gasteiger partial charge in [-0.1, -0.05) is 48.0 Å². The average Bonchev–Trinajstić information content (AvgIpc) is 3.00. The molecule has 1 heterocycles. The molecule has 1 saturated heterocycles. The molecule has 2 aromatic rings. The molecule has 130 valence electrons. The number of benzene rings is 2. The Morgan fingerprint density at radius 1 is 1.24 bits per heavy atom. The van der Waals surface area contributed by atoms with Gasteiger partial charge < -0.3 is 10.2 Å². The summed E-state index contributed by atoms with van der Waals surface area (Å²) in [5.74, 6) is -0.474. The monoisotopic (exact) mass is 356 g/mol. The van der Waals surface area contributed by atoms with E-state index in [4.69, 9.17) is 11.6 Å². The molecule has 1 aliphatic heterocycles. The maximum atomic E-state index is 12.6. The fraction of sp³-hybridized carbons (Fsp3) is 0.300. The van der Waals surface area contributed by atoms with Crippen LogP contribution in [0.2, 0.25) is 5.02 Å². The first-order valence-electron chi connectivity index (χ1n) is 8.37. The molecule has 5 heteroatoms. The number of rotatable bonds is 4. The minimum Gasteiger partial charge on any atom is -0.335 e. The minimum absolute atomic E-state index is 0.0133. The molecule has 0 bridgehead atoms. The van der Waals surface area contributed by atoms with Crippen LogP contribution in [-0.2, 0) is 9.59 Å². The number of amides is 2. The summed E-state index contributed by atoms with van der Waals surface area (Å²) in [5, 5.41) is 3.48. The van der Waals surface area contributed by atoms with Gasteiger partial charge in [0.2, 0.25) is 11.8 Å². The van der Waals surface area contributed by atoms with E-state index >= 15 is 0 Å². The average molecular weight is 357 g/mol. The molecule has 25 heavy (non-hydrogen) atoms. The highest BCUT2D eigenvalue weighted by atomic mass is 35.5. The van der Waals surface area contributed by atoms with Crippen molar-refractivity contribution in [3.05, 3.63) is 64.7 Å². The fourth-order valence-electron chi connectivity index (χ4n) is 3.16. The number of halogens is 1.